The van der Waals surface area contributed by atoms with E-state index in [-0.39, 0.29) is 17.2 Å². The Morgan fingerprint density at radius 2 is 1.27 bits per heavy atom. The Kier molecular flexibility index (Phi) is 9.84. The number of rotatable bonds is 8. The predicted molar refractivity (Wildman–Crippen MR) is 143 cm³/mol. The first-order valence-electron chi connectivity index (χ1n) is 12.9. The van der Waals surface area contributed by atoms with Gasteiger partial charge in [0, 0.05) is 23.3 Å². The molecule has 4 rings (SSSR count). The lowest BCUT2D eigenvalue weighted by atomic mass is 9.98. The summed E-state index contributed by atoms with van der Waals surface area (Å²) in [6, 6.07) is 4.74. The highest BCUT2D eigenvalue weighted by Gasteiger charge is 2.41. The van der Waals surface area contributed by atoms with Crippen LogP contribution in [0.25, 0.3) is 11.1 Å². The molecule has 0 saturated carbocycles. The average molecular weight is 645 g/mol. The summed E-state index contributed by atoms with van der Waals surface area (Å²) in [7, 11) is 0. The van der Waals surface area contributed by atoms with Crippen LogP contribution in [0.5, 0.6) is 5.75 Å². The predicted octanol–water partition coefficient (Wildman–Crippen LogP) is 10.4. The number of ether oxygens (including phenoxy) is 1. The van der Waals surface area contributed by atoms with E-state index in [1.54, 1.807) is 0 Å². The van der Waals surface area contributed by atoms with Crippen LogP contribution in [-0.4, -0.2) is 0 Å². The zero-order valence-electron chi connectivity index (χ0n) is 22.5. The van der Waals surface area contributed by atoms with Gasteiger partial charge in [-0.05, 0) is 60.4 Å². The van der Waals surface area contributed by atoms with E-state index in [0.717, 1.165) is 25.3 Å². The standard InChI is InChI=1S/C32H19ClF10O/c1-2-3-4-5-16-8-21(33)29(24(36)9-16)18-12-25(37)30(26(38)13-18)32(42,43)44-19-14-22(34)20(23(35)15-19)7-6-17-10-27(39)31(41)28(40)11-17/h8-15H,2-5H2,1H3. The summed E-state index contributed by atoms with van der Waals surface area (Å²) < 4.78 is 148. The SMILES string of the molecule is CCCCCc1cc(F)c(-c2cc(F)c(C(F)(F)Oc3cc(F)c(C#Cc4cc(F)c(F)c(F)c4)c(F)c3)c(F)c2)c(Cl)c1. The van der Waals surface area contributed by atoms with Gasteiger partial charge in [-0.3, -0.25) is 0 Å². The van der Waals surface area contributed by atoms with Crippen molar-refractivity contribution < 1.29 is 48.6 Å². The molecule has 0 bridgehead atoms. The van der Waals surface area contributed by atoms with Crippen molar-refractivity contribution in [2.45, 2.75) is 38.7 Å². The molecule has 0 aliphatic rings. The highest BCUT2D eigenvalue weighted by Crippen LogP contribution is 2.40. The molecule has 0 radical (unpaired) electrons. The number of unbranched alkanes of at least 4 members (excludes halogenated alkanes) is 2. The third-order valence-electron chi connectivity index (χ3n) is 6.37. The maximum Gasteiger partial charge on any atom is 0.432 e. The summed E-state index contributed by atoms with van der Waals surface area (Å²) >= 11 is 6.16. The quantitative estimate of drug-likeness (QED) is 0.0803. The fraction of sp³-hybridized carbons (Fsp3) is 0.188. The van der Waals surface area contributed by atoms with Crippen LogP contribution in [-0.2, 0) is 12.5 Å². The normalized spacial score (nSPS) is 11.4. The summed E-state index contributed by atoms with van der Waals surface area (Å²) in [6.07, 6.45) is -1.77. The van der Waals surface area contributed by atoms with E-state index >= 15 is 0 Å². The van der Waals surface area contributed by atoms with Gasteiger partial charge in [0.25, 0.3) is 0 Å². The zero-order chi connectivity index (χ0) is 32.3. The molecule has 0 atom stereocenters. The van der Waals surface area contributed by atoms with Crippen LogP contribution in [0.3, 0.4) is 0 Å². The summed E-state index contributed by atoms with van der Waals surface area (Å²) in [4.78, 5) is 0. The number of hydrogen-bond donors (Lipinski definition) is 0. The van der Waals surface area contributed by atoms with Gasteiger partial charge in [0.15, 0.2) is 17.5 Å². The van der Waals surface area contributed by atoms with E-state index < -0.39 is 86.2 Å². The number of hydrogen-bond acceptors (Lipinski definition) is 1. The maximum absolute atomic E-state index is 14.9. The van der Waals surface area contributed by atoms with Crippen LogP contribution in [0.4, 0.5) is 43.9 Å². The molecule has 230 valence electrons. The largest absolute Gasteiger partial charge is 0.432 e. The number of halogens is 11. The molecule has 1 nitrogen and oxygen atoms in total. The third-order valence-corrected chi connectivity index (χ3v) is 6.67. The molecular weight excluding hydrogens is 626 g/mol. The van der Waals surface area contributed by atoms with E-state index in [9.17, 15) is 43.9 Å². The van der Waals surface area contributed by atoms with Gasteiger partial charge in [-0.25, -0.2) is 35.1 Å². The molecule has 0 saturated heterocycles. The molecule has 12 heteroatoms. The van der Waals surface area contributed by atoms with Gasteiger partial charge < -0.3 is 4.74 Å². The second-order valence-electron chi connectivity index (χ2n) is 9.59. The highest BCUT2D eigenvalue weighted by atomic mass is 35.5. The van der Waals surface area contributed by atoms with E-state index in [2.05, 4.69) is 4.74 Å². The molecule has 4 aromatic carbocycles. The first-order valence-corrected chi connectivity index (χ1v) is 13.3. The van der Waals surface area contributed by atoms with Crippen molar-refractivity contribution in [2.75, 3.05) is 0 Å². The molecule has 0 unspecified atom stereocenters. The maximum atomic E-state index is 14.9. The Bertz CT molecular complexity index is 1700. The van der Waals surface area contributed by atoms with Crippen molar-refractivity contribution in [1.29, 1.82) is 0 Å². The van der Waals surface area contributed by atoms with Crippen LogP contribution in [0, 0.1) is 58.4 Å². The van der Waals surface area contributed by atoms with Gasteiger partial charge >= 0.3 is 6.11 Å². The molecule has 0 heterocycles. The fourth-order valence-electron chi connectivity index (χ4n) is 4.31. The molecule has 0 aromatic heterocycles. The topological polar surface area (TPSA) is 9.23 Å². The third kappa shape index (κ3) is 7.13. The van der Waals surface area contributed by atoms with Gasteiger partial charge in [0.05, 0.1) is 10.6 Å². The van der Waals surface area contributed by atoms with Crippen molar-refractivity contribution in [3.8, 4) is 28.7 Å². The van der Waals surface area contributed by atoms with Crippen molar-refractivity contribution in [2.24, 2.45) is 0 Å². The van der Waals surface area contributed by atoms with Gasteiger partial charge in [-0.2, -0.15) is 8.78 Å². The van der Waals surface area contributed by atoms with Crippen LogP contribution in [0.15, 0.2) is 48.5 Å². The second kappa shape index (κ2) is 13.2. The summed E-state index contributed by atoms with van der Waals surface area (Å²) in [5, 5.41) is -0.199. The Hall–Kier alpha value is -4.17. The molecule has 0 spiro atoms. The smallest absolute Gasteiger partial charge is 0.429 e. The van der Waals surface area contributed by atoms with Crippen molar-refractivity contribution in [3.63, 3.8) is 0 Å². The molecule has 0 fully saturated rings. The summed E-state index contributed by atoms with van der Waals surface area (Å²) in [6.45, 7) is 1.98. The average Bonchev–Trinajstić information content (AvgIpc) is 2.90. The lowest BCUT2D eigenvalue weighted by Gasteiger charge is -2.20. The van der Waals surface area contributed by atoms with E-state index in [1.165, 1.54) is 6.07 Å². The Balaban J connectivity index is 1.61. The molecule has 0 aliphatic heterocycles. The van der Waals surface area contributed by atoms with Crippen LogP contribution < -0.4 is 4.74 Å². The van der Waals surface area contributed by atoms with Crippen molar-refractivity contribution in [3.05, 3.63) is 122 Å². The molecule has 0 amide bonds. The minimum absolute atomic E-state index is 0.199. The lowest BCUT2D eigenvalue weighted by Crippen LogP contribution is -2.25. The molecular formula is C32H19ClF10O. The first-order chi connectivity index (χ1) is 20.7. The molecule has 0 aliphatic carbocycles. The van der Waals surface area contributed by atoms with Gasteiger partial charge in [0.2, 0.25) is 0 Å². The van der Waals surface area contributed by atoms with Gasteiger partial charge in [-0.1, -0.05) is 43.2 Å². The monoisotopic (exact) mass is 644 g/mol. The summed E-state index contributed by atoms with van der Waals surface area (Å²) in [5.41, 5.74) is -3.83. The fourth-order valence-corrected chi connectivity index (χ4v) is 4.65. The minimum atomic E-state index is -4.83. The van der Waals surface area contributed by atoms with Gasteiger partial charge in [0.1, 0.15) is 40.4 Å². The number of alkyl halides is 2. The van der Waals surface area contributed by atoms with E-state index in [4.69, 9.17) is 11.6 Å². The van der Waals surface area contributed by atoms with Crippen LogP contribution in [0.1, 0.15) is 48.4 Å². The van der Waals surface area contributed by atoms with Crippen LogP contribution in [0.2, 0.25) is 5.02 Å². The van der Waals surface area contributed by atoms with Crippen LogP contribution >= 0.6 is 11.6 Å². The minimum Gasteiger partial charge on any atom is -0.429 e. The Labute approximate surface area is 250 Å². The highest BCUT2D eigenvalue weighted by molar-refractivity contribution is 6.33. The van der Waals surface area contributed by atoms with E-state index in [1.807, 2.05) is 18.8 Å². The zero-order valence-corrected chi connectivity index (χ0v) is 23.3. The lowest BCUT2D eigenvalue weighted by molar-refractivity contribution is -0.189. The molecule has 4 aromatic rings. The van der Waals surface area contributed by atoms with Crippen molar-refractivity contribution >= 4 is 11.6 Å². The summed E-state index contributed by atoms with van der Waals surface area (Å²) in [5.74, 6) is -10.1. The van der Waals surface area contributed by atoms with Gasteiger partial charge in [-0.15, -0.1) is 0 Å². The first kappa shape index (κ1) is 32.7. The number of aryl methyl sites for hydroxylation is 1. The Morgan fingerprint density at radius 3 is 1.82 bits per heavy atom. The van der Waals surface area contributed by atoms with Crippen molar-refractivity contribution in [1.82, 2.24) is 0 Å². The van der Waals surface area contributed by atoms with E-state index in [0.29, 0.717) is 36.2 Å². The molecule has 0 N–H and O–H groups in total. The number of benzene rings is 4. The second-order valence-corrected chi connectivity index (χ2v) is 10.00. The molecule has 44 heavy (non-hydrogen) atoms. The Morgan fingerprint density at radius 1 is 0.682 bits per heavy atom.